The van der Waals surface area contributed by atoms with Crippen LogP contribution in [0.1, 0.15) is 46.9 Å². The van der Waals surface area contributed by atoms with E-state index in [9.17, 15) is 14.7 Å². The monoisotopic (exact) mass is 507 g/mol. The standard InChI is InChI=1S/C26H33N7O4/c1-17(15-34)33(16-27)24(28)21-6-5-7-23(29-21)30-25(35)20-12-19-14-32(26(36)31-9-3-4-10-31)11-8-18(19)13-22(20)37-2/h5-7,12-13,16-17,27-28,34H,3-4,8-11,14-15H2,1-2H3,(H,29,30,35). The molecule has 1 fully saturated rings. The van der Waals surface area contributed by atoms with Crippen molar-refractivity contribution >= 4 is 29.9 Å². The van der Waals surface area contributed by atoms with Gasteiger partial charge in [-0.3, -0.25) is 15.6 Å². The van der Waals surface area contributed by atoms with Gasteiger partial charge in [0.05, 0.1) is 31.7 Å². The summed E-state index contributed by atoms with van der Waals surface area (Å²) in [5.74, 6) is 0.180. The molecule has 0 spiro atoms. The number of aromatic nitrogens is 1. The number of carbonyl (C=O) groups is 2. The maximum absolute atomic E-state index is 13.3. The summed E-state index contributed by atoms with van der Waals surface area (Å²) in [5.41, 5.74) is 2.54. The highest BCUT2D eigenvalue weighted by Crippen LogP contribution is 2.29. The van der Waals surface area contributed by atoms with Gasteiger partial charge in [-0.2, -0.15) is 0 Å². The van der Waals surface area contributed by atoms with Gasteiger partial charge in [0.15, 0.2) is 5.84 Å². The number of methoxy groups -OCH3 is 1. The number of urea groups is 1. The third-order valence-corrected chi connectivity index (χ3v) is 6.80. The maximum Gasteiger partial charge on any atom is 0.320 e. The summed E-state index contributed by atoms with van der Waals surface area (Å²) in [4.78, 5) is 35.6. The van der Waals surface area contributed by atoms with E-state index in [-0.39, 0.29) is 30.0 Å². The van der Waals surface area contributed by atoms with Gasteiger partial charge in [0.25, 0.3) is 5.91 Å². The van der Waals surface area contributed by atoms with E-state index in [1.165, 1.54) is 12.0 Å². The Kier molecular flexibility index (Phi) is 8.02. The Labute approximate surface area is 216 Å². The van der Waals surface area contributed by atoms with E-state index in [2.05, 4.69) is 10.3 Å². The normalized spacial score (nSPS) is 15.5. The van der Waals surface area contributed by atoms with Gasteiger partial charge in [-0.25, -0.2) is 9.78 Å². The number of pyridine rings is 1. The number of carbonyl (C=O) groups excluding carboxylic acids is 2. The van der Waals surface area contributed by atoms with Gasteiger partial charge in [0.2, 0.25) is 0 Å². The fraction of sp³-hybridized carbons (Fsp3) is 0.423. The molecule has 2 aliphatic heterocycles. The number of fused-ring (bicyclic) bond motifs is 1. The molecule has 3 amide bonds. The lowest BCUT2D eigenvalue weighted by atomic mass is 9.96. The molecule has 1 atom stereocenters. The number of hydrogen-bond donors (Lipinski definition) is 4. The van der Waals surface area contributed by atoms with Crippen molar-refractivity contribution < 1.29 is 19.4 Å². The second-order valence-electron chi connectivity index (χ2n) is 9.25. The van der Waals surface area contributed by atoms with Crippen LogP contribution >= 0.6 is 0 Å². The van der Waals surface area contributed by atoms with Crippen molar-refractivity contribution in [2.45, 2.75) is 38.8 Å². The van der Waals surface area contributed by atoms with Crippen molar-refractivity contribution in [2.24, 2.45) is 0 Å². The molecule has 3 heterocycles. The number of nitrogens with zero attached hydrogens (tertiary/aromatic N) is 4. The number of ether oxygens (including phenoxy) is 1. The van der Waals surface area contributed by atoms with E-state index in [1.807, 2.05) is 15.9 Å². The zero-order valence-electron chi connectivity index (χ0n) is 21.2. The van der Waals surface area contributed by atoms with Gasteiger partial charge in [0, 0.05) is 26.2 Å². The molecule has 0 saturated carbocycles. The maximum atomic E-state index is 13.3. The van der Waals surface area contributed by atoms with Gasteiger partial charge in [-0.1, -0.05) is 6.07 Å². The zero-order chi connectivity index (χ0) is 26.5. The number of aliphatic hydroxyl groups is 1. The van der Waals surface area contributed by atoms with Gasteiger partial charge in [-0.15, -0.1) is 0 Å². The lowest BCUT2D eigenvalue weighted by Gasteiger charge is -2.32. The second-order valence-corrected chi connectivity index (χ2v) is 9.25. The molecule has 0 bridgehead atoms. The third-order valence-electron chi connectivity index (χ3n) is 6.80. The lowest BCUT2D eigenvalue weighted by molar-refractivity contribution is 0.102. The summed E-state index contributed by atoms with van der Waals surface area (Å²) in [6, 6.07) is 8.08. The third kappa shape index (κ3) is 5.56. The summed E-state index contributed by atoms with van der Waals surface area (Å²) in [5, 5.41) is 28.1. The minimum absolute atomic E-state index is 0.0444. The molecule has 0 aliphatic carbocycles. The smallest absolute Gasteiger partial charge is 0.320 e. The Morgan fingerprint density at radius 3 is 2.65 bits per heavy atom. The summed E-state index contributed by atoms with van der Waals surface area (Å²) < 4.78 is 5.51. The summed E-state index contributed by atoms with van der Waals surface area (Å²) in [6.45, 7) is 4.10. The number of anilines is 1. The molecular formula is C26H33N7O4. The number of benzene rings is 1. The number of amidine groups is 1. The predicted molar refractivity (Wildman–Crippen MR) is 140 cm³/mol. The van der Waals surface area contributed by atoms with Gasteiger partial charge in [-0.05, 0) is 61.6 Å². The number of amides is 3. The van der Waals surface area contributed by atoms with Crippen molar-refractivity contribution in [2.75, 3.05) is 38.7 Å². The van der Waals surface area contributed by atoms with Crippen LogP contribution in [0, 0.1) is 10.8 Å². The molecule has 11 heteroatoms. The topological polar surface area (TPSA) is 146 Å². The molecule has 4 N–H and O–H groups in total. The van der Waals surface area contributed by atoms with E-state index in [0.717, 1.165) is 43.4 Å². The van der Waals surface area contributed by atoms with Crippen molar-refractivity contribution in [3.8, 4) is 5.75 Å². The first-order valence-electron chi connectivity index (χ1n) is 12.4. The fourth-order valence-electron chi connectivity index (χ4n) is 4.66. The number of hydrogen-bond acceptors (Lipinski definition) is 7. The van der Waals surface area contributed by atoms with Crippen molar-refractivity contribution in [1.29, 1.82) is 10.8 Å². The van der Waals surface area contributed by atoms with E-state index >= 15 is 0 Å². The Morgan fingerprint density at radius 2 is 1.97 bits per heavy atom. The number of likely N-dealkylation sites (tertiary alicyclic amines) is 1. The first kappa shape index (κ1) is 26.1. The average molecular weight is 508 g/mol. The summed E-state index contributed by atoms with van der Waals surface area (Å²) >= 11 is 0. The van der Waals surface area contributed by atoms with Gasteiger partial charge in [0.1, 0.15) is 17.3 Å². The zero-order valence-corrected chi connectivity index (χ0v) is 21.2. The molecule has 1 aromatic carbocycles. The predicted octanol–water partition coefficient (Wildman–Crippen LogP) is 2.53. The van der Waals surface area contributed by atoms with Crippen LogP contribution < -0.4 is 10.1 Å². The van der Waals surface area contributed by atoms with Crippen LogP contribution in [0.3, 0.4) is 0 Å². The molecular weight excluding hydrogens is 474 g/mol. The van der Waals surface area contributed by atoms with Crippen LogP contribution in [-0.4, -0.2) is 88.3 Å². The van der Waals surface area contributed by atoms with Crippen LogP contribution in [-0.2, 0) is 13.0 Å². The van der Waals surface area contributed by atoms with Crippen LogP contribution in [0.4, 0.5) is 10.6 Å². The van der Waals surface area contributed by atoms with E-state index < -0.39 is 11.9 Å². The highest BCUT2D eigenvalue weighted by Gasteiger charge is 2.28. The molecule has 2 aromatic rings. The second kappa shape index (κ2) is 11.4. The minimum Gasteiger partial charge on any atom is -0.496 e. The Hall–Kier alpha value is -3.99. The summed E-state index contributed by atoms with van der Waals surface area (Å²) in [7, 11) is 1.51. The minimum atomic E-state index is -0.471. The number of rotatable bonds is 7. The molecule has 37 heavy (non-hydrogen) atoms. The fourth-order valence-corrected chi connectivity index (χ4v) is 4.66. The Balaban J connectivity index is 1.53. The molecule has 1 unspecified atom stereocenters. The van der Waals surface area contributed by atoms with E-state index in [0.29, 0.717) is 30.8 Å². The first-order valence-corrected chi connectivity index (χ1v) is 12.4. The average Bonchev–Trinajstić information content (AvgIpc) is 3.47. The molecule has 4 rings (SSSR count). The Bertz CT molecular complexity index is 1200. The van der Waals surface area contributed by atoms with E-state index in [1.54, 1.807) is 31.2 Å². The molecule has 196 valence electrons. The molecule has 2 aliphatic rings. The van der Waals surface area contributed by atoms with Crippen molar-refractivity contribution in [1.82, 2.24) is 19.7 Å². The van der Waals surface area contributed by atoms with E-state index in [4.69, 9.17) is 15.6 Å². The molecule has 1 aromatic heterocycles. The number of nitrogens with one attached hydrogen (secondary N) is 3. The van der Waals surface area contributed by atoms with Crippen molar-refractivity contribution in [3.05, 3.63) is 52.7 Å². The molecule has 1 saturated heterocycles. The van der Waals surface area contributed by atoms with Crippen LogP contribution in [0.5, 0.6) is 5.75 Å². The van der Waals surface area contributed by atoms with Crippen LogP contribution in [0.2, 0.25) is 0 Å². The van der Waals surface area contributed by atoms with Crippen LogP contribution in [0.25, 0.3) is 0 Å². The van der Waals surface area contributed by atoms with Gasteiger partial charge >= 0.3 is 6.03 Å². The first-order chi connectivity index (χ1) is 17.9. The highest BCUT2D eigenvalue weighted by atomic mass is 16.5. The number of aliphatic hydroxyl groups excluding tert-OH is 1. The lowest BCUT2D eigenvalue weighted by Crippen LogP contribution is -2.44. The van der Waals surface area contributed by atoms with Gasteiger partial charge < -0.3 is 29.9 Å². The molecule has 11 nitrogen and oxygen atoms in total. The molecule has 0 radical (unpaired) electrons. The SMILES string of the molecule is COc1cc2c(cc1C(=O)Nc1cccc(C(=N)N(C=N)C(C)CO)n1)CN(C(=O)N1CCCC1)CC2. The highest BCUT2D eigenvalue weighted by molar-refractivity contribution is 6.06. The largest absolute Gasteiger partial charge is 0.496 e. The summed E-state index contributed by atoms with van der Waals surface area (Å²) in [6.07, 6.45) is 3.72. The quantitative estimate of drug-likeness (QED) is 0.335. The van der Waals surface area contributed by atoms with Crippen molar-refractivity contribution in [3.63, 3.8) is 0 Å². The van der Waals surface area contributed by atoms with Crippen LogP contribution in [0.15, 0.2) is 30.3 Å². The Morgan fingerprint density at radius 1 is 1.22 bits per heavy atom.